The Labute approximate surface area is 125 Å². The predicted octanol–water partition coefficient (Wildman–Crippen LogP) is 0.508. The van der Waals surface area contributed by atoms with Crippen LogP contribution in [0.25, 0.3) is 0 Å². The molecule has 0 saturated carbocycles. The quantitative estimate of drug-likeness (QED) is 0.579. The standard InChI is InChI=1S/C12H16N4O4S/c1-21-5-3-8(15-12(13)20)10(17)16-9-6-7(11(18)19)2-4-14-9/h2,4,6,8H,3,5H2,1H3,(H,18,19)(H3,13,15,20)(H,14,16,17). The second-order valence-electron chi connectivity index (χ2n) is 4.07. The van der Waals surface area contributed by atoms with Gasteiger partial charge in [-0.3, -0.25) is 4.79 Å². The predicted molar refractivity (Wildman–Crippen MR) is 79.3 cm³/mol. The number of hydrogen-bond donors (Lipinski definition) is 4. The van der Waals surface area contributed by atoms with E-state index in [0.29, 0.717) is 12.2 Å². The molecule has 0 aliphatic carbocycles. The normalized spacial score (nSPS) is 11.5. The second-order valence-corrected chi connectivity index (χ2v) is 5.05. The van der Waals surface area contributed by atoms with E-state index in [-0.39, 0.29) is 11.4 Å². The number of pyridine rings is 1. The zero-order valence-corrected chi connectivity index (χ0v) is 12.1. The molecule has 21 heavy (non-hydrogen) atoms. The molecule has 0 spiro atoms. The number of carboxylic acids is 1. The number of urea groups is 1. The molecule has 0 fully saturated rings. The van der Waals surface area contributed by atoms with Gasteiger partial charge in [0.2, 0.25) is 5.91 Å². The van der Waals surface area contributed by atoms with Gasteiger partial charge >= 0.3 is 12.0 Å². The summed E-state index contributed by atoms with van der Waals surface area (Å²) in [5, 5.41) is 13.7. The summed E-state index contributed by atoms with van der Waals surface area (Å²) in [5.74, 6) is -0.874. The van der Waals surface area contributed by atoms with Crippen LogP contribution in [0.4, 0.5) is 10.6 Å². The van der Waals surface area contributed by atoms with Crippen LogP contribution in [0.3, 0.4) is 0 Å². The van der Waals surface area contributed by atoms with Gasteiger partial charge in [0.15, 0.2) is 0 Å². The first-order valence-electron chi connectivity index (χ1n) is 5.99. The van der Waals surface area contributed by atoms with Crippen LogP contribution in [0.2, 0.25) is 0 Å². The van der Waals surface area contributed by atoms with Crippen LogP contribution >= 0.6 is 11.8 Å². The number of nitrogens with zero attached hydrogens (tertiary/aromatic N) is 1. The molecule has 0 aliphatic rings. The number of anilines is 1. The van der Waals surface area contributed by atoms with E-state index in [2.05, 4.69) is 15.6 Å². The lowest BCUT2D eigenvalue weighted by Gasteiger charge is -2.16. The van der Waals surface area contributed by atoms with E-state index in [1.165, 1.54) is 30.1 Å². The number of rotatable bonds is 7. The summed E-state index contributed by atoms with van der Waals surface area (Å²) in [7, 11) is 0. The van der Waals surface area contributed by atoms with Gasteiger partial charge in [-0.05, 0) is 30.6 Å². The lowest BCUT2D eigenvalue weighted by molar-refractivity contribution is -0.118. The number of aromatic nitrogens is 1. The molecule has 3 amide bonds. The molecule has 0 aromatic carbocycles. The van der Waals surface area contributed by atoms with Crippen molar-refractivity contribution in [3.05, 3.63) is 23.9 Å². The van der Waals surface area contributed by atoms with Crippen LogP contribution in [0.5, 0.6) is 0 Å². The van der Waals surface area contributed by atoms with Gasteiger partial charge in [0, 0.05) is 6.20 Å². The molecule has 1 aromatic heterocycles. The van der Waals surface area contributed by atoms with Gasteiger partial charge in [0.25, 0.3) is 0 Å². The Morgan fingerprint density at radius 1 is 1.48 bits per heavy atom. The molecular weight excluding hydrogens is 296 g/mol. The van der Waals surface area contributed by atoms with E-state index in [1.54, 1.807) is 0 Å². The maximum Gasteiger partial charge on any atom is 0.335 e. The smallest absolute Gasteiger partial charge is 0.335 e. The van der Waals surface area contributed by atoms with Gasteiger partial charge in [0.05, 0.1) is 5.56 Å². The molecule has 9 heteroatoms. The molecule has 1 rings (SSSR count). The van der Waals surface area contributed by atoms with Crippen molar-refractivity contribution in [2.45, 2.75) is 12.5 Å². The zero-order valence-electron chi connectivity index (χ0n) is 11.3. The maximum absolute atomic E-state index is 12.1. The minimum Gasteiger partial charge on any atom is -0.478 e. The topological polar surface area (TPSA) is 134 Å². The van der Waals surface area contributed by atoms with Crippen molar-refractivity contribution in [3.8, 4) is 0 Å². The third-order valence-electron chi connectivity index (χ3n) is 2.50. The highest BCUT2D eigenvalue weighted by molar-refractivity contribution is 7.98. The Morgan fingerprint density at radius 3 is 2.76 bits per heavy atom. The molecule has 0 bridgehead atoms. The number of aromatic carboxylic acids is 1. The minimum atomic E-state index is -1.12. The molecule has 0 aliphatic heterocycles. The van der Waals surface area contributed by atoms with Crippen molar-refractivity contribution in [3.63, 3.8) is 0 Å². The first-order chi connectivity index (χ1) is 9.93. The summed E-state index contributed by atoms with van der Waals surface area (Å²) in [6, 6.07) is 0.940. The number of carbonyl (C=O) groups excluding carboxylic acids is 2. The van der Waals surface area contributed by atoms with E-state index in [0.717, 1.165) is 0 Å². The summed E-state index contributed by atoms with van der Waals surface area (Å²) >= 11 is 1.52. The van der Waals surface area contributed by atoms with Gasteiger partial charge < -0.3 is 21.5 Å². The molecule has 1 unspecified atom stereocenters. The molecule has 1 aromatic rings. The number of hydrogen-bond acceptors (Lipinski definition) is 5. The Balaban J connectivity index is 2.77. The molecule has 5 N–H and O–H groups in total. The van der Waals surface area contributed by atoms with Crippen LogP contribution < -0.4 is 16.4 Å². The highest BCUT2D eigenvalue weighted by atomic mass is 32.2. The van der Waals surface area contributed by atoms with E-state index < -0.39 is 23.9 Å². The number of nitrogens with two attached hydrogens (primary N) is 1. The summed E-state index contributed by atoms with van der Waals surface area (Å²) in [6.07, 6.45) is 3.54. The fraction of sp³-hybridized carbons (Fsp3) is 0.333. The van der Waals surface area contributed by atoms with Crippen LogP contribution in [-0.4, -0.2) is 46.0 Å². The number of thioether (sulfide) groups is 1. The summed E-state index contributed by atoms with van der Waals surface area (Å²) in [5.41, 5.74) is 5.03. The van der Waals surface area contributed by atoms with Crippen molar-refractivity contribution in [2.24, 2.45) is 5.73 Å². The first-order valence-corrected chi connectivity index (χ1v) is 7.38. The summed E-state index contributed by atoms with van der Waals surface area (Å²) < 4.78 is 0. The highest BCUT2D eigenvalue weighted by Crippen LogP contribution is 2.09. The first kappa shape index (κ1) is 16.8. The fourth-order valence-corrected chi connectivity index (χ4v) is 1.99. The molecule has 1 atom stereocenters. The highest BCUT2D eigenvalue weighted by Gasteiger charge is 2.20. The van der Waals surface area contributed by atoms with Gasteiger partial charge in [0.1, 0.15) is 11.9 Å². The van der Waals surface area contributed by atoms with E-state index in [9.17, 15) is 14.4 Å². The third-order valence-corrected chi connectivity index (χ3v) is 3.15. The molecular formula is C12H16N4O4S. The lowest BCUT2D eigenvalue weighted by atomic mass is 10.2. The molecule has 1 heterocycles. The number of primary amides is 1. The number of carboxylic acid groups (broad SMARTS) is 1. The van der Waals surface area contributed by atoms with Crippen molar-refractivity contribution in [1.82, 2.24) is 10.3 Å². The minimum absolute atomic E-state index is 0.00354. The van der Waals surface area contributed by atoms with Crippen LogP contribution in [0, 0.1) is 0 Å². The summed E-state index contributed by atoms with van der Waals surface area (Å²) in [4.78, 5) is 37.7. The largest absolute Gasteiger partial charge is 0.478 e. The van der Waals surface area contributed by atoms with Gasteiger partial charge in [-0.25, -0.2) is 14.6 Å². The molecule has 0 saturated heterocycles. The van der Waals surface area contributed by atoms with Gasteiger partial charge in [-0.15, -0.1) is 0 Å². The monoisotopic (exact) mass is 312 g/mol. The average molecular weight is 312 g/mol. The van der Waals surface area contributed by atoms with Crippen LogP contribution in [-0.2, 0) is 4.79 Å². The SMILES string of the molecule is CSCCC(NC(N)=O)C(=O)Nc1cc(C(=O)O)ccn1. The Hall–Kier alpha value is -2.29. The summed E-state index contributed by atoms with van der Waals surface area (Å²) in [6.45, 7) is 0. The average Bonchev–Trinajstić information content (AvgIpc) is 2.43. The molecule has 8 nitrogen and oxygen atoms in total. The number of amides is 3. The Morgan fingerprint density at radius 2 is 2.19 bits per heavy atom. The van der Waals surface area contributed by atoms with Crippen molar-refractivity contribution < 1.29 is 19.5 Å². The van der Waals surface area contributed by atoms with Crippen LogP contribution in [0.15, 0.2) is 18.3 Å². The zero-order chi connectivity index (χ0) is 15.8. The van der Waals surface area contributed by atoms with Crippen molar-refractivity contribution >= 4 is 35.5 Å². The molecule has 114 valence electrons. The Bertz CT molecular complexity index is 538. The van der Waals surface area contributed by atoms with Gasteiger partial charge in [-0.1, -0.05) is 0 Å². The Kier molecular flexibility index (Phi) is 6.47. The fourth-order valence-electron chi connectivity index (χ4n) is 1.52. The van der Waals surface area contributed by atoms with E-state index in [4.69, 9.17) is 10.8 Å². The van der Waals surface area contributed by atoms with E-state index >= 15 is 0 Å². The number of carbonyl (C=O) groups is 3. The maximum atomic E-state index is 12.1. The van der Waals surface area contributed by atoms with Crippen LogP contribution in [0.1, 0.15) is 16.8 Å². The molecule has 0 radical (unpaired) electrons. The second kappa shape index (κ2) is 8.10. The van der Waals surface area contributed by atoms with Crippen molar-refractivity contribution in [2.75, 3.05) is 17.3 Å². The van der Waals surface area contributed by atoms with E-state index in [1.807, 2.05) is 6.26 Å². The number of nitrogens with one attached hydrogen (secondary N) is 2. The lowest BCUT2D eigenvalue weighted by Crippen LogP contribution is -2.46. The third kappa shape index (κ3) is 5.69. The van der Waals surface area contributed by atoms with Gasteiger partial charge in [-0.2, -0.15) is 11.8 Å². The van der Waals surface area contributed by atoms with Crippen molar-refractivity contribution in [1.29, 1.82) is 0 Å².